The number of carbonyl (C=O) groups excluding carboxylic acids is 1. The average Bonchev–Trinajstić information content (AvgIpc) is 2.59. The maximum Gasteiger partial charge on any atom is 0.338 e. The van der Waals surface area contributed by atoms with E-state index in [2.05, 4.69) is 0 Å². The van der Waals surface area contributed by atoms with E-state index < -0.39 is 5.97 Å². The average molecular weight is 334 g/mol. The van der Waals surface area contributed by atoms with Crippen molar-refractivity contribution in [3.63, 3.8) is 0 Å². The number of ether oxygens (including phenoxy) is 4. The smallest absolute Gasteiger partial charge is 0.338 e. The van der Waals surface area contributed by atoms with Crippen LogP contribution in [0.5, 0.6) is 11.5 Å². The fraction of sp³-hybridized carbons (Fsp3) is 0.412. The van der Waals surface area contributed by atoms with Gasteiger partial charge in [-0.2, -0.15) is 0 Å². The second kappa shape index (κ2) is 6.16. The normalized spacial score (nSPS) is 16.6. The summed E-state index contributed by atoms with van der Waals surface area (Å²) < 4.78 is 26.9. The number of hydrogen-bond acceptors (Lipinski definition) is 7. The van der Waals surface area contributed by atoms with Crippen LogP contribution in [0.4, 0.5) is 0 Å². The number of hydrogen-bond donors (Lipinski definition) is 0. The maximum atomic E-state index is 12.9. The highest BCUT2D eigenvalue weighted by Crippen LogP contribution is 2.38. The largest absolute Gasteiger partial charge is 0.493 e. The lowest BCUT2D eigenvalue weighted by atomic mass is 10.0. The molecule has 1 aromatic heterocycles. The molecule has 2 aromatic rings. The van der Waals surface area contributed by atoms with Crippen molar-refractivity contribution in [1.82, 2.24) is 0 Å². The van der Waals surface area contributed by atoms with Gasteiger partial charge in [-0.05, 0) is 13.0 Å². The molecule has 7 heteroatoms. The molecule has 24 heavy (non-hydrogen) atoms. The zero-order valence-corrected chi connectivity index (χ0v) is 13.9. The minimum atomic E-state index is -0.654. The molecule has 0 radical (unpaired) electrons. The van der Waals surface area contributed by atoms with Crippen LogP contribution in [0.3, 0.4) is 0 Å². The number of rotatable bonds is 3. The van der Waals surface area contributed by atoms with Gasteiger partial charge in [0.1, 0.15) is 5.76 Å². The van der Waals surface area contributed by atoms with E-state index in [1.807, 2.05) is 6.92 Å². The molecule has 3 rings (SSSR count). The minimum Gasteiger partial charge on any atom is -0.493 e. The van der Waals surface area contributed by atoms with Crippen molar-refractivity contribution < 1.29 is 28.2 Å². The molecule has 0 fully saturated rings. The Hall–Kier alpha value is -2.54. The highest BCUT2D eigenvalue weighted by atomic mass is 16.5. The van der Waals surface area contributed by atoms with Gasteiger partial charge in [-0.3, -0.25) is 4.79 Å². The van der Waals surface area contributed by atoms with E-state index in [0.717, 1.165) is 0 Å². The summed E-state index contributed by atoms with van der Waals surface area (Å²) in [6.45, 7) is 2.04. The van der Waals surface area contributed by atoms with Crippen LogP contribution in [0.25, 0.3) is 11.0 Å². The van der Waals surface area contributed by atoms with Crippen molar-refractivity contribution in [2.75, 3.05) is 21.3 Å². The van der Waals surface area contributed by atoms with Gasteiger partial charge in [0.2, 0.25) is 5.75 Å². The molecular formula is C17H18O7. The van der Waals surface area contributed by atoms with Crippen molar-refractivity contribution in [1.29, 1.82) is 0 Å². The van der Waals surface area contributed by atoms with E-state index in [1.165, 1.54) is 27.4 Å². The lowest BCUT2D eigenvalue weighted by Crippen LogP contribution is -2.26. The first kappa shape index (κ1) is 16.3. The standard InChI is InChI=1S/C17H18O7/c1-8-5-11-10(7-23-8)14(18)13-9(17(19)22-4)6-12(20-2)15(21-3)16(13)24-11/h6,8H,5,7H2,1-4H3/t8-/m1/s1. The Kier molecular flexibility index (Phi) is 4.19. The molecule has 0 saturated carbocycles. The number of benzene rings is 1. The van der Waals surface area contributed by atoms with Gasteiger partial charge in [0, 0.05) is 6.42 Å². The second-order valence-electron chi connectivity index (χ2n) is 5.51. The van der Waals surface area contributed by atoms with E-state index in [-0.39, 0.29) is 46.2 Å². The summed E-state index contributed by atoms with van der Waals surface area (Å²) in [5.74, 6) is 0.430. The van der Waals surface area contributed by atoms with Crippen molar-refractivity contribution in [2.45, 2.75) is 26.1 Å². The monoisotopic (exact) mass is 334 g/mol. The van der Waals surface area contributed by atoms with E-state index >= 15 is 0 Å². The Morgan fingerprint density at radius 1 is 1.25 bits per heavy atom. The van der Waals surface area contributed by atoms with Gasteiger partial charge in [0.15, 0.2) is 16.8 Å². The van der Waals surface area contributed by atoms with Crippen LogP contribution in [0.1, 0.15) is 28.6 Å². The summed E-state index contributed by atoms with van der Waals surface area (Å²) in [5.41, 5.74) is 0.341. The molecule has 2 heterocycles. The van der Waals surface area contributed by atoms with Crippen LogP contribution >= 0.6 is 0 Å². The molecule has 1 aliphatic rings. The number of methoxy groups -OCH3 is 3. The molecule has 7 nitrogen and oxygen atoms in total. The molecule has 0 unspecified atom stereocenters. The Morgan fingerprint density at radius 2 is 2.00 bits per heavy atom. The maximum absolute atomic E-state index is 12.9. The number of esters is 1. The Labute approximate surface area is 138 Å². The van der Waals surface area contributed by atoms with Crippen LogP contribution in [0.15, 0.2) is 15.3 Å². The zero-order valence-electron chi connectivity index (χ0n) is 13.9. The predicted octanol–water partition coefficient (Wildman–Crippen LogP) is 2.06. The van der Waals surface area contributed by atoms with Gasteiger partial charge in [0.25, 0.3) is 0 Å². The highest BCUT2D eigenvalue weighted by molar-refractivity contribution is 6.05. The fourth-order valence-electron chi connectivity index (χ4n) is 2.87. The summed E-state index contributed by atoms with van der Waals surface area (Å²) >= 11 is 0. The first-order chi connectivity index (χ1) is 11.5. The van der Waals surface area contributed by atoms with Gasteiger partial charge < -0.3 is 23.4 Å². The van der Waals surface area contributed by atoms with Crippen molar-refractivity contribution >= 4 is 16.9 Å². The third-order valence-electron chi connectivity index (χ3n) is 4.08. The summed E-state index contributed by atoms with van der Waals surface area (Å²) in [5, 5.41) is 0.108. The summed E-state index contributed by atoms with van der Waals surface area (Å²) in [7, 11) is 4.13. The van der Waals surface area contributed by atoms with Crippen LogP contribution in [0, 0.1) is 0 Å². The quantitative estimate of drug-likeness (QED) is 0.794. The van der Waals surface area contributed by atoms with E-state index in [1.54, 1.807) is 0 Å². The van der Waals surface area contributed by atoms with Gasteiger partial charge >= 0.3 is 5.97 Å². The third kappa shape index (κ3) is 2.41. The molecule has 0 aliphatic carbocycles. The predicted molar refractivity (Wildman–Crippen MR) is 84.9 cm³/mol. The van der Waals surface area contributed by atoms with Crippen LogP contribution in [-0.4, -0.2) is 33.4 Å². The Bertz CT molecular complexity index is 866. The van der Waals surface area contributed by atoms with Crippen LogP contribution < -0.4 is 14.9 Å². The molecule has 0 bridgehead atoms. The number of fused-ring (bicyclic) bond motifs is 2. The molecule has 1 aliphatic heterocycles. The van der Waals surface area contributed by atoms with E-state index in [4.69, 9.17) is 23.4 Å². The van der Waals surface area contributed by atoms with Gasteiger partial charge in [-0.1, -0.05) is 0 Å². The van der Waals surface area contributed by atoms with E-state index in [0.29, 0.717) is 17.7 Å². The Balaban J connectivity index is 2.45. The molecular weight excluding hydrogens is 316 g/mol. The van der Waals surface area contributed by atoms with E-state index in [9.17, 15) is 9.59 Å². The van der Waals surface area contributed by atoms with Gasteiger partial charge in [-0.15, -0.1) is 0 Å². The SMILES string of the molecule is COC(=O)c1cc(OC)c(OC)c2oc3c(c(=O)c12)CO[C@H](C)C3. The summed E-state index contributed by atoms with van der Waals surface area (Å²) in [6.07, 6.45) is 0.406. The molecule has 0 spiro atoms. The van der Waals surface area contributed by atoms with Gasteiger partial charge in [0.05, 0.1) is 50.6 Å². The van der Waals surface area contributed by atoms with Crippen molar-refractivity contribution in [3.8, 4) is 11.5 Å². The zero-order chi connectivity index (χ0) is 17.4. The second-order valence-corrected chi connectivity index (χ2v) is 5.51. The first-order valence-electron chi connectivity index (χ1n) is 7.45. The molecule has 1 aromatic carbocycles. The lowest BCUT2D eigenvalue weighted by Gasteiger charge is -2.22. The lowest BCUT2D eigenvalue weighted by molar-refractivity contribution is 0.0333. The van der Waals surface area contributed by atoms with Crippen LogP contribution in [0.2, 0.25) is 0 Å². The first-order valence-corrected chi connectivity index (χ1v) is 7.45. The molecule has 1 atom stereocenters. The van der Waals surface area contributed by atoms with Crippen molar-refractivity contribution in [2.24, 2.45) is 0 Å². The highest BCUT2D eigenvalue weighted by Gasteiger charge is 2.28. The van der Waals surface area contributed by atoms with Gasteiger partial charge in [-0.25, -0.2) is 4.79 Å². The third-order valence-corrected chi connectivity index (χ3v) is 4.08. The molecule has 128 valence electrons. The minimum absolute atomic E-state index is 0.0604. The topological polar surface area (TPSA) is 84.2 Å². The Morgan fingerprint density at radius 3 is 2.62 bits per heavy atom. The molecule has 0 saturated heterocycles. The van der Waals surface area contributed by atoms with Crippen LogP contribution in [-0.2, 0) is 22.5 Å². The fourth-order valence-corrected chi connectivity index (χ4v) is 2.87. The number of carbonyl (C=O) groups is 1. The molecule has 0 amide bonds. The van der Waals surface area contributed by atoms with Crippen molar-refractivity contribution in [3.05, 3.63) is 33.2 Å². The summed E-state index contributed by atoms with van der Waals surface area (Å²) in [4.78, 5) is 25.1. The molecule has 0 N–H and O–H groups in total. The summed E-state index contributed by atoms with van der Waals surface area (Å²) in [6, 6.07) is 1.42.